The zero-order valence-corrected chi connectivity index (χ0v) is 22.1. The van der Waals surface area contributed by atoms with Gasteiger partial charge in [0.2, 0.25) is 5.91 Å². The number of carbonyl (C=O) groups is 1. The van der Waals surface area contributed by atoms with Crippen LogP contribution in [-0.4, -0.2) is 15.7 Å². The number of alkyl halides is 3. The molecule has 1 N–H and O–H groups in total. The second-order valence-electron chi connectivity index (χ2n) is 9.74. The normalized spacial score (nSPS) is 26.5. The highest BCUT2D eigenvalue weighted by atomic mass is 79.9. The number of halogens is 4. The Kier molecular flexibility index (Phi) is 6.12. The molecule has 10 heteroatoms. The van der Waals surface area contributed by atoms with Crippen LogP contribution in [0.2, 0.25) is 0 Å². The molecular weight excluding hydrogens is 573 g/mol. The first kappa shape index (κ1) is 24.3. The highest BCUT2D eigenvalue weighted by molar-refractivity contribution is 9.10. The number of hydrogen-bond acceptors (Lipinski definition) is 4. The number of anilines is 1. The van der Waals surface area contributed by atoms with E-state index in [-0.39, 0.29) is 23.0 Å². The Balaban J connectivity index is 1.35. The van der Waals surface area contributed by atoms with Gasteiger partial charge >= 0.3 is 11.0 Å². The summed E-state index contributed by atoms with van der Waals surface area (Å²) >= 11 is 6.38. The van der Waals surface area contributed by atoms with Crippen LogP contribution < -0.4 is 10.2 Å². The number of benzene rings is 2. The van der Waals surface area contributed by atoms with Gasteiger partial charge in [0, 0.05) is 20.5 Å². The monoisotopic (exact) mass is 594 g/mol. The van der Waals surface area contributed by atoms with Crippen LogP contribution in [0.4, 0.5) is 18.9 Å². The Morgan fingerprint density at radius 2 is 1.81 bits per heavy atom. The van der Waals surface area contributed by atoms with Crippen LogP contribution in [0.5, 0.6) is 0 Å². The molecule has 2 heterocycles. The second kappa shape index (κ2) is 9.06. The van der Waals surface area contributed by atoms with Gasteiger partial charge in [-0.25, -0.2) is 0 Å². The van der Waals surface area contributed by atoms with E-state index in [0.717, 1.165) is 20.4 Å². The summed E-state index contributed by atoms with van der Waals surface area (Å²) in [6.45, 7) is -0.317. The summed E-state index contributed by atoms with van der Waals surface area (Å²) in [7, 11) is 0. The van der Waals surface area contributed by atoms with Crippen molar-refractivity contribution in [1.82, 2.24) is 4.57 Å². The molecule has 1 aliphatic heterocycles. The summed E-state index contributed by atoms with van der Waals surface area (Å²) in [5, 5.41) is 3.55. The van der Waals surface area contributed by atoms with Crippen molar-refractivity contribution in [1.29, 1.82) is 0 Å². The molecular formula is C26H22BrF3N2O2S2. The predicted molar refractivity (Wildman–Crippen MR) is 139 cm³/mol. The van der Waals surface area contributed by atoms with Gasteiger partial charge < -0.3 is 5.32 Å². The largest absolute Gasteiger partial charge is 0.418 e. The molecule has 3 aromatic rings. The number of aromatic nitrogens is 1. The predicted octanol–water partition coefficient (Wildman–Crippen LogP) is 6.98. The molecule has 0 radical (unpaired) electrons. The Bertz CT molecular complexity index is 1390. The number of carbonyl (C=O) groups excluding carboxylic acids is 1. The van der Waals surface area contributed by atoms with E-state index in [1.807, 2.05) is 12.1 Å². The smallest absolute Gasteiger partial charge is 0.324 e. The van der Waals surface area contributed by atoms with Gasteiger partial charge in [-0.15, -0.1) is 11.8 Å². The van der Waals surface area contributed by atoms with E-state index in [1.54, 1.807) is 11.8 Å². The Labute approximate surface area is 222 Å². The molecule has 2 fully saturated rings. The third kappa shape index (κ3) is 4.15. The van der Waals surface area contributed by atoms with Crippen LogP contribution in [-0.2, 0) is 17.5 Å². The van der Waals surface area contributed by atoms with Crippen molar-refractivity contribution in [2.45, 2.75) is 48.2 Å². The van der Waals surface area contributed by atoms with E-state index in [4.69, 9.17) is 0 Å². The molecule has 188 valence electrons. The third-order valence-electron chi connectivity index (χ3n) is 7.73. The van der Waals surface area contributed by atoms with Gasteiger partial charge in [0.1, 0.15) is 6.54 Å². The van der Waals surface area contributed by atoms with E-state index < -0.39 is 17.6 Å². The first-order chi connectivity index (χ1) is 17.2. The van der Waals surface area contributed by atoms with Gasteiger partial charge in [0.25, 0.3) is 0 Å². The zero-order chi connectivity index (χ0) is 25.2. The summed E-state index contributed by atoms with van der Waals surface area (Å²) in [6, 6.07) is 13.1. The molecule has 0 saturated heterocycles. The number of hydrogen-bond donors (Lipinski definition) is 1. The maximum Gasteiger partial charge on any atom is 0.418 e. The Morgan fingerprint density at radius 1 is 1.08 bits per heavy atom. The third-order valence-corrected chi connectivity index (χ3v) is 11.1. The van der Waals surface area contributed by atoms with Crippen LogP contribution >= 0.6 is 39.0 Å². The SMILES string of the molecule is O=C(Cn1c2c(sc1=O)C(c1ccc(Br)cc1)C1C3CCC(C3)C1S2)Nc1ccccc1C(F)(F)F. The van der Waals surface area contributed by atoms with Gasteiger partial charge in [-0.3, -0.25) is 14.2 Å². The van der Waals surface area contributed by atoms with Gasteiger partial charge in [0.05, 0.1) is 16.3 Å². The highest BCUT2D eigenvalue weighted by Gasteiger charge is 2.55. The lowest BCUT2D eigenvalue weighted by Crippen LogP contribution is -2.34. The summed E-state index contributed by atoms with van der Waals surface area (Å²) in [4.78, 5) is 26.8. The average molecular weight is 596 g/mol. The molecule has 3 aliphatic rings. The van der Waals surface area contributed by atoms with Crippen LogP contribution in [0.15, 0.2) is 62.8 Å². The molecule has 5 unspecified atom stereocenters. The van der Waals surface area contributed by atoms with Crippen molar-refractivity contribution in [2.75, 3.05) is 5.32 Å². The number of thiazole rings is 1. The first-order valence-corrected chi connectivity index (χ1v) is 14.3. The van der Waals surface area contributed by atoms with Gasteiger partial charge in [-0.2, -0.15) is 13.2 Å². The quantitative estimate of drug-likeness (QED) is 0.354. The number of nitrogens with one attached hydrogen (secondary N) is 1. The standard InChI is InChI=1S/C26H22BrF3N2O2S2/c27-16-9-7-13(8-10-16)20-21-14-5-6-15(11-14)22(21)35-24-23(20)36-25(34)32(24)12-19(33)31-18-4-2-1-3-17(18)26(28,29)30/h1-4,7-10,14-15,20-22H,5-6,11-12H2,(H,31,33). The fourth-order valence-electron chi connectivity index (χ4n) is 6.30. The maximum absolute atomic E-state index is 13.4. The molecule has 36 heavy (non-hydrogen) atoms. The summed E-state index contributed by atoms with van der Waals surface area (Å²) in [6.07, 6.45) is -0.994. The molecule has 0 spiro atoms. The zero-order valence-electron chi connectivity index (χ0n) is 18.9. The highest BCUT2D eigenvalue weighted by Crippen LogP contribution is 2.64. The van der Waals surface area contributed by atoms with Crippen LogP contribution in [0.3, 0.4) is 0 Å². The number of amides is 1. The van der Waals surface area contributed by atoms with Crippen molar-refractivity contribution >= 4 is 50.6 Å². The molecule has 2 aliphatic carbocycles. The van der Waals surface area contributed by atoms with Gasteiger partial charge in [-0.05, 0) is 66.8 Å². The molecule has 6 rings (SSSR count). The fraction of sp³-hybridized carbons (Fsp3) is 0.385. The van der Waals surface area contributed by atoms with Crippen molar-refractivity contribution in [2.24, 2.45) is 17.8 Å². The number of para-hydroxylation sites is 1. The minimum absolute atomic E-state index is 0.0858. The minimum Gasteiger partial charge on any atom is -0.324 e. The molecule has 2 saturated carbocycles. The van der Waals surface area contributed by atoms with Crippen molar-refractivity contribution in [3.05, 3.63) is 78.7 Å². The lowest BCUT2D eigenvalue weighted by molar-refractivity contribution is -0.137. The number of rotatable bonds is 4. The maximum atomic E-state index is 13.4. The van der Waals surface area contributed by atoms with E-state index in [1.165, 1.54) is 58.9 Å². The molecule has 2 bridgehead atoms. The minimum atomic E-state index is -4.59. The van der Waals surface area contributed by atoms with Crippen molar-refractivity contribution in [3.63, 3.8) is 0 Å². The number of fused-ring (bicyclic) bond motifs is 6. The lowest BCUT2D eigenvalue weighted by Gasteiger charge is -2.40. The van der Waals surface area contributed by atoms with E-state index in [9.17, 15) is 22.8 Å². The fourth-order valence-corrected chi connectivity index (χ4v) is 9.72. The molecule has 1 aromatic heterocycles. The molecule has 1 amide bonds. The van der Waals surface area contributed by atoms with Crippen LogP contribution in [0.25, 0.3) is 0 Å². The van der Waals surface area contributed by atoms with Crippen LogP contribution in [0, 0.1) is 17.8 Å². The first-order valence-electron chi connectivity index (χ1n) is 11.8. The number of nitrogens with zero attached hydrogens (tertiary/aromatic N) is 1. The van der Waals surface area contributed by atoms with E-state index in [0.29, 0.717) is 23.0 Å². The molecule has 5 atom stereocenters. The summed E-state index contributed by atoms with van der Waals surface area (Å²) in [5.74, 6) is 1.10. The molecule has 2 aromatic carbocycles. The molecule has 4 nitrogen and oxygen atoms in total. The topological polar surface area (TPSA) is 51.1 Å². The Morgan fingerprint density at radius 3 is 2.56 bits per heavy atom. The summed E-state index contributed by atoms with van der Waals surface area (Å²) in [5.41, 5.74) is -0.0486. The average Bonchev–Trinajstić information content (AvgIpc) is 3.52. The lowest BCUT2D eigenvalue weighted by atomic mass is 9.75. The van der Waals surface area contributed by atoms with Crippen LogP contribution in [0.1, 0.15) is 41.2 Å². The Hall–Kier alpha value is -2.04. The van der Waals surface area contributed by atoms with Crippen molar-refractivity contribution in [3.8, 4) is 0 Å². The summed E-state index contributed by atoms with van der Waals surface area (Å²) < 4.78 is 42.6. The van der Waals surface area contributed by atoms with E-state index in [2.05, 4.69) is 33.4 Å². The van der Waals surface area contributed by atoms with Gasteiger partial charge in [-0.1, -0.05) is 51.5 Å². The number of thioether (sulfide) groups is 1. The van der Waals surface area contributed by atoms with E-state index >= 15 is 0 Å². The van der Waals surface area contributed by atoms with Gasteiger partial charge in [0.15, 0.2) is 0 Å². The second-order valence-corrected chi connectivity index (χ2v) is 12.8. The van der Waals surface area contributed by atoms with Crippen molar-refractivity contribution < 1.29 is 18.0 Å².